The van der Waals surface area contributed by atoms with Crippen molar-refractivity contribution in [3.8, 4) is 6.19 Å². The Kier molecular flexibility index (Phi) is 3.60. The molecule has 5 nitrogen and oxygen atoms in total. The third kappa shape index (κ3) is 2.87. The molecule has 0 aliphatic carbocycles. The lowest BCUT2D eigenvalue weighted by molar-refractivity contribution is 1.17. The lowest BCUT2D eigenvalue weighted by Gasteiger charge is -2.07. The summed E-state index contributed by atoms with van der Waals surface area (Å²) in [6, 6.07) is 7.27. The molecule has 0 saturated carbocycles. The molecule has 0 aliphatic rings. The molecule has 6 heteroatoms. The van der Waals surface area contributed by atoms with Crippen LogP contribution in [-0.4, -0.2) is 9.97 Å². The van der Waals surface area contributed by atoms with Gasteiger partial charge in [-0.3, -0.25) is 5.32 Å². The number of aromatic nitrogens is 2. The Balaban J connectivity index is 2.20. The number of aryl methyl sites for hydroxylation is 1. The zero-order valence-corrected chi connectivity index (χ0v) is 10.4. The van der Waals surface area contributed by atoms with Gasteiger partial charge in [0.1, 0.15) is 18.0 Å². The van der Waals surface area contributed by atoms with Crippen molar-refractivity contribution < 1.29 is 0 Å². The van der Waals surface area contributed by atoms with E-state index in [2.05, 4.69) is 20.6 Å². The quantitative estimate of drug-likeness (QED) is 0.655. The third-order valence-electron chi connectivity index (χ3n) is 2.30. The fourth-order valence-electron chi connectivity index (χ4n) is 1.37. The van der Waals surface area contributed by atoms with Crippen LogP contribution in [0.1, 0.15) is 5.56 Å². The maximum atomic E-state index is 8.51. The molecule has 1 aromatic heterocycles. The van der Waals surface area contributed by atoms with Gasteiger partial charge in [0.25, 0.3) is 0 Å². The zero-order valence-electron chi connectivity index (χ0n) is 9.61. The highest BCUT2D eigenvalue weighted by molar-refractivity contribution is 6.31. The van der Waals surface area contributed by atoms with Crippen molar-refractivity contribution in [2.45, 2.75) is 6.92 Å². The highest BCUT2D eigenvalue weighted by Crippen LogP contribution is 2.22. The number of halogens is 1. The summed E-state index contributed by atoms with van der Waals surface area (Å²) >= 11 is 6.03. The lowest BCUT2D eigenvalue weighted by Crippen LogP contribution is -1.97. The molecule has 2 aromatic rings. The summed E-state index contributed by atoms with van der Waals surface area (Å²) in [6.45, 7) is 1.94. The minimum absolute atomic E-state index is 0.438. The second-order valence-electron chi connectivity index (χ2n) is 3.61. The first-order chi connectivity index (χ1) is 8.69. The predicted octanol–water partition coefficient (Wildman–Crippen LogP) is 3.08. The van der Waals surface area contributed by atoms with Crippen LogP contribution in [0.2, 0.25) is 5.02 Å². The van der Waals surface area contributed by atoms with E-state index in [1.54, 1.807) is 12.3 Å². The Morgan fingerprint density at radius 2 is 2.00 bits per heavy atom. The number of nitrogens with zero attached hydrogens (tertiary/aromatic N) is 3. The standard InChI is InChI=1S/C12H10ClN5/c1-8-2-3-9(4-10(8)13)18-12-5-11(15-6-14)16-7-17-12/h2-5,7H,1H3,(H2,15,16,17,18). The molecule has 0 unspecified atom stereocenters. The molecule has 2 N–H and O–H groups in total. The van der Waals surface area contributed by atoms with E-state index in [-0.39, 0.29) is 0 Å². The minimum atomic E-state index is 0.438. The Morgan fingerprint density at radius 3 is 2.72 bits per heavy atom. The van der Waals surface area contributed by atoms with Gasteiger partial charge in [-0.05, 0) is 24.6 Å². The summed E-state index contributed by atoms with van der Waals surface area (Å²) < 4.78 is 0. The van der Waals surface area contributed by atoms with Crippen LogP contribution in [0, 0.1) is 18.4 Å². The second-order valence-corrected chi connectivity index (χ2v) is 4.02. The molecule has 18 heavy (non-hydrogen) atoms. The lowest BCUT2D eigenvalue weighted by atomic mass is 10.2. The first-order valence-electron chi connectivity index (χ1n) is 5.19. The number of benzene rings is 1. The molecule has 1 aromatic carbocycles. The molecular formula is C12H10ClN5. The topological polar surface area (TPSA) is 73.6 Å². The molecule has 0 saturated heterocycles. The molecule has 1 heterocycles. The van der Waals surface area contributed by atoms with Crippen molar-refractivity contribution in [1.82, 2.24) is 9.97 Å². The number of hydrogen-bond acceptors (Lipinski definition) is 5. The van der Waals surface area contributed by atoms with Gasteiger partial charge in [0.15, 0.2) is 6.19 Å². The van der Waals surface area contributed by atoms with Crippen molar-refractivity contribution in [3.63, 3.8) is 0 Å². The third-order valence-corrected chi connectivity index (χ3v) is 2.70. The molecule has 0 spiro atoms. The molecule has 0 fully saturated rings. The Morgan fingerprint density at radius 1 is 1.22 bits per heavy atom. The SMILES string of the molecule is Cc1ccc(Nc2cc(NC#N)ncn2)cc1Cl. The molecule has 0 amide bonds. The second kappa shape index (κ2) is 5.34. The van der Waals surface area contributed by atoms with Gasteiger partial charge in [-0.15, -0.1) is 0 Å². The van der Waals surface area contributed by atoms with Crippen molar-refractivity contribution in [1.29, 1.82) is 5.26 Å². The van der Waals surface area contributed by atoms with Crippen LogP contribution in [-0.2, 0) is 0 Å². The van der Waals surface area contributed by atoms with Crippen molar-refractivity contribution in [2.75, 3.05) is 10.6 Å². The fourth-order valence-corrected chi connectivity index (χ4v) is 1.55. The summed E-state index contributed by atoms with van der Waals surface area (Å²) in [4.78, 5) is 7.95. The molecular weight excluding hydrogens is 250 g/mol. The first kappa shape index (κ1) is 12.1. The maximum Gasteiger partial charge on any atom is 0.182 e. The molecule has 0 radical (unpaired) electrons. The van der Waals surface area contributed by atoms with E-state index in [1.165, 1.54) is 6.33 Å². The largest absolute Gasteiger partial charge is 0.340 e. The van der Waals surface area contributed by atoms with E-state index >= 15 is 0 Å². The van der Waals surface area contributed by atoms with Gasteiger partial charge in [-0.25, -0.2) is 9.97 Å². The average Bonchev–Trinajstić information content (AvgIpc) is 2.35. The zero-order chi connectivity index (χ0) is 13.0. The highest BCUT2D eigenvalue weighted by Gasteiger charge is 2.01. The summed E-state index contributed by atoms with van der Waals surface area (Å²) in [5, 5.41) is 14.7. The Labute approximate surface area is 109 Å². The van der Waals surface area contributed by atoms with Crippen LogP contribution in [0.3, 0.4) is 0 Å². The van der Waals surface area contributed by atoms with Crippen molar-refractivity contribution >= 4 is 28.9 Å². The number of hydrogen-bond donors (Lipinski definition) is 2. The predicted molar refractivity (Wildman–Crippen MR) is 70.7 cm³/mol. The first-order valence-corrected chi connectivity index (χ1v) is 5.57. The molecule has 0 aliphatic heterocycles. The number of anilines is 3. The Hall–Kier alpha value is -2.32. The summed E-state index contributed by atoms with van der Waals surface area (Å²) in [7, 11) is 0. The smallest absolute Gasteiger partial charge is 0.182 e. The van der Waals surface area contributed by atoms with E-state index in [4.69, 9.17) is 16.9 Å². The Bertz CT molecular complexity index is 606. The van der Waals surface area contributed by atoms with Gasteiger partial charge in [-0.2, -0.15) is 5.26 Å². The van der Waals surface area contributed by atoms with Gasteiger partial charge in [-0.1, -0.05) is 17.7 Å². The normalized spacial score (nSPS) is 9.61. The molecule has 2 rings (SSSR count). The summed E-state index contributed by atoms with van der Waals surface area (Å²) in [6.07, 6.45) is 3.18. The molecule has 90 valence electrons. The van der Waals surface area contributed by atoms with Gasteiger partial charge >= 0.3 is 0 Å². The summed E-state index contributed by atoms with van der Waals surface area (Å²) in [5.74, 6) is 1.02. The molecule has 0 bridgehead atoms. The average molecular weight is 260 g/mol. The van der Waals surface area contributed by atoms with E-state index in [0.717, 1.165) is 11.3 Å². The van der Waals surface area contributed by atoms with E-state index < -0.39 is 0 Å². The van der Waals surface area contributed by atoms with Gasteiger partial charge in [0, 0.05) is 16.8 Å². The minimum Gasteiger partial charge on any atom is -0.340 e. The van der Waals surface area contributed by atoms with Gasteiger partial charge in [0.05, 0.1) is 0 Å². The summed E-state index contributed by atoms with van der Waals surface area (Å²) in [5.41, 5.74) is 1.84. The van der Waals surface area contributed by atoms with E-state index in [1.807, 2.05) is 25.1 Å². The highest BCUT2D eigenvalue weighted by atomic mass is 35.5. The van der Waals surface area contributed by atoms with Crippen LogP contribution in [0.25, 0.3) is 0 Å². The van der Waals surface area contributed by atoms with Crippen molar-refractivity contribution in [3.05, 3.63) is 41.2 Å². The number of rotatable bonds is 3. The fraction of sp³-hybridized carbons (Fsp3) is 0.0833. The van der Waals surface area contributed by atoms with Crippen LogP contribution in [0.4, 0.5) is 17.3 Å². The monoisotopic (exact) mass is 259 g/mol. The van der Waals surface area contributed by atoms with Crippen molar-refractivity contribution in [2.24, 2.45) is 0 Å². The number of nitrogens with one attached hydrogen (secondary N) is 2. The van der Waals surface area contributed by atoms with Crippen LogP contribution in [0.5, 0.6) is 0 Å². The van der Waals surface area contributed by atoms with Crippen LogP contribution < -0.4 is 10.6 Å². The van der Waals surface area contributed by atoms with E-state index in [0.29, 0.717) is 16.7 Å². The van der Waals surface area contributed by atoms with Crippen LogP contribution in [0.15, 0.2) is 30.6 Å². The van der Waals surface area contributed by atoms with E-state index in [9.17, 15) is 0 Å². The van der Waals surface area contributed by atoms with Gasteiger partial charge < -0.3 is 5.32 Å². The molecule has 0 atom stereocenters. The van der Waals surface area contributed by atoms with Gasteiger partial charge in [0.2, 0.25) is 0 Å². The number of nitriles is 1. The maximum absolute atomic E-state index is 8.51. The van der Waals surface area contributed by atoms with Crippen LogP contribution >= 0.6 is 11.6 Å².